The van der Waals surface area contributed by atoms with Gasteiger partial charge < -0.3 is 0 Å². The van der Waals surface area contributed by atoms with Gasteiger partial charge in [0.1, 0.15) is 5.78 Å². The van der Waals surface area contributed by atoms with Crippen molar-refractivity contribution < 1.29 is 9.59 Å². The molecule has 0 saturated carbocycles. The third-order valence-corrected chi connectivity index (χ3v) is 3.24. The van der Waals surface area contributed by atoms with E-state index in [-0.39, 0.29) is 10.6 Å². The molecule has 1 atom stereocenters. The summed E-state index contributed by atoms with van der Waals surface area (Å²) < 4.78 is 0. The van der Waals surface area contributed by atoms with Crippen molar-refractivity contribution in [2.45, 2.75) is 18.7 Å². The average Bonchev–Trinajstić information content (AvgIpc) is 2.16. The Kier molecular flexibility index (Phi) is 3.58. The number of halogens is 1. The smallest absolute Gasteiger partial charge is 0.150 e. The SMILES string of the molecule is CC(=O)C(Br)c1cccc(C)c1C=O. The van der Waals surface area contributed by atoms with Gasteiger partial charge in [0.25, 0.3) is 0 Å². The highest BCUT2D eigenvalue weighted by atomic mass is 79.9. The van der Waals surface area contributed by atoms with Crippen LogP contribution in [0.3, 0.4) is 0 Å². The molecular weight excluding hydrogens is 244 g/mol. The van der Waals surface area contributed by atoms with Crippen LogP contribution >= 0.6 is 15.9 Å². The van der Waals surface area contributed by atoms with E-state index in [2.05, 4.69) is 15.9 Å². The lowest BCUT2D eigenvalue weighted by molar-refractivity contribution is -0.116. The molecule has 3 heteroatoms. The molecule has 1 aromatic rings. The van der Waals surface area contributed by atoms with E-state index in [4.69, 9.17) is 0 Å². The first-order valence-electron chi connectivity index (χ1n) is 4.27. The predicted molar refractivity (Wildman–Crippen MR) is 58.9 cm³/mol. The number of alkyl halides is 1. The van der Waals surface area contributed by atoms with Crippen LogP contribution in [0.4, 0.5) is 0 Å². The van der Waals surface area contributed by atoms with Gasteiger partial charge in [0.05, 0.1) is 4.83 Å². The van der Waals surface area contributed by atoms with Crippen molar-refractivity contribution in [3.05, 3.63) is 34.9 Å². The number of rotatable bonds is 3. The molecular formula is C11H11BrO2. The van der Waals surface area contributed by atoms with E-state index in [9.17, 15) is 9.59 Å². The Morgan fingerprint density at radius 2 is 2.14 bits per heavy atom. The van der Waals surface area contributed by atoms with E-state index in [0.717, 1.165) is 17.4 Å². The fraction of sp³-hybridized carbons (Fsp3) is 0.273. The maximum Gasteiger partial charge on any atom is 0.150 e. The number of ketones is 1. The molecule has 2 nitrogen and oxygen atoms in total. The maximum atomic E-state index is 11.2. The van der Waals surface area contributed by atoms with Crippen LogP contribution in [0.5, 0.6) is 0 Å². The molecule has 0 radical (unpaired) electrons. The van der Waals surface area contributed by atoms with E-state index >= 15 is 0 Å². The molecule has 0 bridgehead atoms. The first kappa shape index (κ1) is 11.1. The van der Waals surface area contributed by atoms with E-state index < -0.39 is 0 Å². The van der Waals surface area contributed by atoms with Crippen molar-refractivity contribution >= 4 is 28.0 Å². The minimum absolute atomic E-state index is 0.00120. The van der Waals surface area contributed by atoms with Gasteiger partial charge in [0.2, 0.25) is 0 Å². The molecule has 0 aliphatic carbocycles. The third-order valence-electron chi connectivity index (χ3n) is 2.11. The van der Waals surface area contributed by atoms with Gasteiger partial charge in [-0.25, -0.2) is 0 Å². The zero-order chi connectivity index (χ0) is 10.7. The lowest BCUT2D eigenvalue weighted by Crippen LogP contribution is -2.05. The van der Waals surface area contributed by atoms with Crippen molar-refractivity contribution in [2.24, 2.45) is 0 Å². The van der Waals surface area contributed by atoms with Gasteiger partial charge in [-0.15, -0.1) is 0 Å². The highest BCUT2D eigenvalue weighted by Crippen LogP contribution is 2.27. The highest BCUT2D eigenvalue weighted by Gasteiger charge is 2.16. The summed E-state index contributed by atoms with van der Waals surface area (Å²) in [6.07, 6.45) is 0.794. The predicted octanol–water partition coefficient (Wildman–Crippen LogP) is 2.83. The Morgan fingerprint density at radius 3 is 2.64 bits per heavy atom. The first-order valence-corrected chi connectivity index (χ1v) is 5.18. The Labute approximate surface area is 91.4 Å². The van der Waals surface area contributed by atoms with Gasteiger partial charge in [0.15, 0.2) is 6.29 Å². The van der Waals surface area contributed by atoms with Crippen molar-refractivity contribution in [2.75, 3.05) is 0 Å². The summed E-state index contributed by atoms with van der Waals surface area (Å²) in [5.74, 6) is -0.00120. The van der Waals surface area contributed by atoms with Crippen molar-refractivity contribution in [1.29, 1.82) is 0 Å². The summed E-state index contributed by atoms with van der Waals surface area (Å²) >= 11 is 3.27. The minimum Gasteiger partial charge on any atom is -0.298 e. The molecule has 1 aromatic carbocycles. The van der Waals surface area contributed by atoms with Crippen LogP contribution in [0.15, 0.2) is 18.2 Å². The number of aldehydes is 1. The van der Waals surface area contributed by atoms with E-state index in [1.165, 1.54) is 6.92 Å². The topological polar surface area (TPSA) is 34.1 Å². The fourth-order valence-corrected chi connectivity index (χ4v) is 1.70. The number of carbonyl (C=O) groups excluding carboxylic acids is 2. The molecule has 0 aliphatic rings. The quantitative estimate of drug-likeness (QED) is 0.614. The monoisotopic (exact) mass is 254 g/mol. The zero-order valence-electron chi connectivity index (χ0n) is 8.08. The maximum absolute atomic E-state index is 11.2. The fourth-order valence-electron chi connectivity index (χ4n) is 1.30. The van der Waals surface area contributed by atoms with E-state index in [0.29, 0.717) is 5.56 Å². The third kappa shape index (κ3) is 2.10. The van der Waals surface area contributed by atoms with Gasteiger partial charge in [-0.3, -0.25) is 9.59 Å². The van der Waals surface area contributed by atoms with E-state index in [1.54, 1.807) is 6.07 Å². The van der Waals surface area contributed by atoms with Crippen LogP contribution in [0.2, 0.25) is 0 Å². The standard InChI is InChI=1S/C11H11BrO2/c1-7-4-3-5-9(10(7)6-13)11(12)8(2)14/h3-6,11H,1-2H3. The molecule has 0 spiro atoms. The molecule has 0 fully saturated rings. The van der Waals surface area contributed by atoms with Crippen molar-refractivity contribution in [1.82, 2.24) is 0 Å². The largest absolute Gasteiger partial charge is 0.298 e. The summed E-state index contributed by atoms with van der Waals surface area (Å²) in [7, 11) is 0. The molecule has 0 aromatic heterocycles. The van der Waals surface area contributed by atoms with Gasteiger partial charge in [-0.2, -0.15) is 0 Å². The lowest BCUT2D eigenvalue weighted by Gasteiger charge is -2.10. The summed E-state index contributed by atoms with van der Waals surface area (Å²) in [6, 6.07) is 5.49. The number of hydrogen-bond donors (Lipinski definition) is 0. The molecule has 0 heterocycles. The lowest BCUT2D eigenvalue weighted by atomic mass is 9.99. The molecule has 0 saturated heterocycles. The summed E-state index contributed by atoms with van der Waals surface area (Å²) in [4.78, 5) is 21.6. The van der Waals surface area contributed by atoms with Crippen LogP contribution in [0, 0.1) is 6.92 Å². The van der Waals surface area contributed by atoms with Crippen LogP contribution in [0.1, 0.15) is 33.2 Å². The number of carbonyl (C=O) groups is 2. The zero-order valence-corrected chi connectivity index (χ0v) is 9.67. The van der Waals surface area contributed by atoms with Gasteiger partial charge in [-0.1, -0.05) is 34.1 Å². The Hall–Kier alpha value is -0.960. The Morgan fingerprint density at radius 1 is 1.50 bits per heavy atom. The number of benzene rings is 1. The molecule has 1 unspecified atom stereocenters. The second kappa shape index (κ2) is 4.51. The number of Topliss-reactive ketones (excluding diaryl/α,β-unsaturated/α-hetero) is 1. The van der Waals surface area contributed by atoms with Crippen molar-refractivity contribution in [3.8, 4) is 0 Å². The molecule has 0 N–H and O–H groups in total. The second-order valence-electron chi connectivity index (χ2n) is 3.17. The summed E-state index contributed by atoms with van der Waals surface area (Å²) in [5, 5.41) is 0. The van der Waals surface area contributed by atoms with Crippen LogP contribution in [-0.2, 0) is 4.79 Å². The molecule has 1 rings (SSSR count). The normalized spacial score (nSPS) is 12.2. The molecule has 74 valence electrons. The second-order valence-corrected chi connectivity index (χ2v) is 4.08. The molecule has 14 heavy (non-hydrogen) atoms. The summed E-state index contributed by atoms with van der Waals surface area (Å²) in [6.45, 7) is 3.35. The molecule has 0 aliphatic heterocycles. The van der Waals surface area contributed by atoms with E-state index in [1.807, 2.05) is 19.1 Å². The van der Waals surface area contributed by atoms with Gasteiger partial charge in [0, 0.05) is 5.56 Å². The minimum atomic E-state index is -0.386. The van der Waals surface area contributed by atoms with Gasteiger partial charge >= 0.3 is 0 Å². The number of aryl methyl sites for hydroxylation is 1. The Bertz CT molecular complexity index is 372. The average molecular weight is 255 g/mol. The van der Waals surface area contributed by atoms with Crippen LogP contribution < -0.4 is 0 Å². The number of hydrogen-bond acceptors (Lipinski definition) is 2. The van der Waals surface area contributed by atoms with Gasteiger partial charge in [-0.05, 0) is 25.0 Å². The molecule has 0 amide bonds. The van der Waals surface area contributed by atoms with Crippen LogP contribution in [0.25, 0.3) is 0 Å². The van der Waals surface area contributed by atoms with Crippen LogP contribution in [-0.4, -0.2) is 12.1 Å². The van der Waals surface area contributed by atoms with Crippen molar-refractivity contribution in [3.63, 3.8) is 0 Å². The highest BCUT2D eigenvalue weighted by molar-refractivity contribution is 9.09. The first-order chi connectivity index (χ1) is 6.57. The Balaban J connectivity index is 3.26. The summed E-state index contributed by atoms with van der Waals surface area (Å²) in [5.41, 5.74) is 2.24.